The topological polar surface area (TPSA) is 108 Å². The van der Waals surface area contributed by atoms with Crippen LogP contribution < -0.4 is 5.32 Å². The zero-order chi connectivity index (χ0) is 31.3. The largest absolute Gasteiger partial charge is 0.444 e. The van der Waals surface area contributed by atoms with Crippen LogP contribution in [0.5, 0.6) is 0 Å². The number of imide groups is 1. The molecule has 0 saturated carbocycles. The Bertz CT molecular complexity index is 1100. The molecule has 0 aromatic heterocycles. The first kappa shape index (κ1) is 34.8. The van der Waals surface area contributed by atoms with Gasteiger partial charge in [-0.1, -0.05) is 88.4 Å². The van der Waals surface area contributed by atoms with Crippen molar-refractivity contribution < 1.29 is 29.0 Å². The van der Waals surface area contributed by atoms with Crippen molar-refractivity contribution in [3.8, 4) is 0 Å². The highest BCUT2D eigenvalue weighted by Crippen LogP contribution is 2.23. The van der Waals surface area contributed by atoms with Crippen molar-refractivity contribution in [3.05, 3.63) is 71.8 Å². The van der Waals surface area contributed by atoms with Gasteiger partial charge in [0, 0.05) is 19.0 Å². The number of aliphatic hydroxyl groups excluding tert-OH is 1. The summed E-state index contributed by atoms with van der Waals surface area (Å²) in [5, 5.41) is 14.0. The maximum atomic E-state index is 13.8. The molecule has 0 fully saturated rings. The lowest BCUT2D eigenvalue weighted by Crippen LogP contribution is -2.49. The number of rotatable bonds is 14. The molecule has 0 bridgehead atoms. The highest BCUT2D eigenvalue weighted by molar-refractivity contribution is 5.95. The van der Waals surface area contributed by atoms with Gasteiger partial charge in [-0.25, -0.2) is 9.59 Å². The molecule has 0 aliphatic carbocycles. The first-order chi connectivity index (χ1) is 19.8. The highest BCUT2D eigenvalue weighted by Gasteiger charge is 2.34. The molecule has 0 heterocycles. The van der Waals surface area contributed by atoms with Crippen LogP contribution in [0.4, 0.5) is 9.59 Å². The zero-order valence-electron chi connectivity index (χ0n) is 26.2. The second-order valence-corrected chi connectivity index (χ2v) is 12.4. The molecule has 2 N–H and O–H groups in total. The molecule has 0 aliphatic heterocycles. The minimum atomic E-state index is -1.05. The van der Waals surface area contributed by atoms with Crippen molar-refractivity contribution in [2.75, 3.05) is 19.8 Å². The van der Waals surface area contributed by atoms with Gasteiger partial charge in [-0.05, 0) is 50.2 Å². The molecule has 0 radical (unpaired) electrons. The summed E-state index contributed by atoms with van der Waals surface area (Å²) in [4.78, 5) is 42.5. The fraction of sp³-hybridized carbons (Fsp3) is 0.545. The van der Waals surface area contributed by atoms with Crippen molar-refractivity contribution in [1.82, 2.24) is 15.1 Å². The summed E-state index contributed by atoms with van der Waals surface area (Å²) in [6.07, 6.45) is -1.61. The van der Waals surface area contributed by atoms with Gasteiger partial charge in [-0.15, -0.1) is 0 Å². The van der Waals surface area contributed by atoms with E-state index in [9.17, 15) is 19.5 Å². The second-order valence-electron chi connectivity index (χ2n) is 12.4. The van der Waals surface area contributed by atoms with Gasteiger partial charge in [-0.2, -0.15) is 0 Å². The molecule has 232 valence electrons. The number of nitrogens with zero attached hydrogens (tertiary/aromatic N) is 2. The third-order valence-corrected chi connectivity index (χ3v) is 6.43. The van der Waals surface area contributed by atoms with E-state index in [0.717, 1.165) is 11.1 Å². The van der Waals surface area contributed by atoms with Crippen LogP contribution in [-0.2, 0) is 27.4 Å². The molecule has 0 aliphatic rings. The predicted octanol–water partition coefficient (Wildman–Crippen LogP) is 5.82. The fourth-order valence-corrected chi connectivity index (χ4v) is 4.34. The summed E-state index contributed by atoms with van der Waals surface area (Å²) in [6.45, 7) is 13.6. The van der Waals surface area contributed by atoms with Crippen LogP contribution in [0.3, 0.4) is 0 Å². The molecule has 42 heavy (non-hydrogen) atoms. The normalized spacial score (nSPS) is 13.0. The monoisotopic (exact) mass is 583 g/mol. The van der Waals surface area contributed by atoms with E-state index in [2.05, 4.69) is 5.32 Å². The van der Waals surface area contributed by atoms with Crippen LogP contribution in [0.2, 0.25) is 0 Å². The van der Waals surface area contributed by atoms with Gasteiger partial charge in [0.25, 0.3) is 0 Å². The Morgan fingerprint density at radius 2 is 1.45 bits per heavy atom. The third-order valence-electron chi connectivity index (χ3n) is 6.43. The lowest BCUT2D eigenvalue weighted by atomic mass is 9.88. The van der Waals surface area contributed by atoms with Gasteiger partial charge in [0.15, 0.2) is 0 Å². The lowest BCUT2D eigenvalue weighted by Gasteiger charge is -2.32. The van der Waals surface area contributed by atoms with Gasteiger partial charge >= 0.3 is 12.1 Å². The summed E-state index contributed by atoms with van der Waals surface area (Å²) in [6, 6.07) is 18.6. The summed E-state index contributed by atoms with van der Waals surface area (Å²) < 4.78 is 11.3. The number of carbonyl (C=O) groups excluding carboxylic acids is 3. The number of hydrogen-bond donors (Lipinski definition) is 2. The molecule has 2 aromatic rings. The Labute approximate surface area is 251 Å². The average Bonchev–Trinajstić information content (AvgIpc) is 2.92. The molecule has 0 spiro atoms. The number of amides is 4. The number of carbonyl (C=O) groups is 3. The Kier molecular flexibility index (Phi) is 14.0. The van der Waals surface area contributed by atoms with E-state index in [0.29, 0.717) is 6.54 Å². The number of aliphatic hydroxyl groups is 1. The average molecular weight is 584 g/mol. The number of benzene rings is 2. The van der Waals surface area contributed by atoms with Gasteiger partial charge in [0.2, 0.25) is 5.91 Å². The molecule has 9 heteroatoms. The molecule has 0 saturated heterocycles. The van der Waals surface area contributed by atoms with Crippen LogP contribution in [0, 0.1) is 17.8 Å². The summed E-state index contributed by atoms with van der Waals surface area (Å²) >= 11 is 0. The number of ether oxygens (including phenoxy) is 2. The van der Waals surface area contributed by atoms with Crippen LogP contribution in [0.1, 0.15) is 66.0 Å². The van der Waals surface area contributed by atoms with Gasteiger partial charge in [0.1, 0.15) is 12.3 Å². The first-order valence-electron chi connectivity index (χ1n) is 14.7. The maximum absolute atomic E-state index is 13.8. The standard InChI is InChI=1S/C33H49N3O6/c1-24(2)20-36(31(39)34-19-26-14-10-8-11-15-26)30(38)29(25(3)4)18-28(37)21-35(32(40)42-33(5,6)7)23-41-22-27-16-12-9-13-17-27/h8-17,24-25,28-29,37H,18-23H2,1-7H3,(H,34,39). The van der Waals surface area contributed by atoms with E-state index in [1.54, 1.807) is 20.8 Å². The van der Waals surface area contributed by atoms with Gasteiger partial charge < -0.3 is 19.9 Å². The van der Waals surface area contributed by atoms with Crippen LogP contribution in [-0.4, -0.2) is 64.5 Å². The molecule has 4 amide bonds. The zero-order valence-corrected chi connectivity index (χ0v) is 26.2. The minimum absolute atomic E-state index is 0.0542. The second kappa shape index (κ2) is 16.9. The summed E-state index contributed by atoms with van der Waals surface area (Å²) in [5.74, 6) is -1.11. The quantitative estimate of drug-likeness (QED) is 0.272. The SMILES string of the molecule is CC(C)CN(C(=O)NCc1ccccc1)C(=O)C(CC(O)CN(COCc1ccccc1)C(=O)OC(C)(C)C)C(C)C. The smallest absolute Gasteiger partial charge is 0.412 e. The minimum Gasteiger partial charge on any atom is -0.444 e. The van der Waals surface area contributed by atoms with Gasteiger partial charge in [0.05, 0.1) is 19.3 Å². The van der Waals surface area contributed by atoms with Crippen molar-refractivity contribution in [1.29, 1.82) is 0 Å². The molecular formula is C33H49N3O6. The molecule has 9 nitrogen and oxygen atoms in total. The first-order valence-corrected chi connectivity index (χ1v) is 14.7. The van der Waals surface area contributed by atoms with Crippen LogP contribution >= 0.6 is 0 Å². The van der Waals surface area contributed by atoms with Crippen LogP contribution in [0.15, 0.2) is 60.7 Å². The Balaban J connectivity index is 2.12. The number of nitrogens with one attached hydrogen (secondary N) is 1. The Hall–Kier alpha value is -3.43. The van der Waals surface area contributed by atoms with E-state index in [1.807, 2.05) is 88.4 Å². The molecule has 2 aromatic carbocycles. The van der Waals surface area contributed by atoms with Gasteiger partial charge in [-0.3, -0.25) is 14.6 Å². The summed E-state index contributed by atoms with van der Waals surface area (Å²) in [5.41, 5.74) is 1.14. The highest BCUT2D eigenvalue weighted by atomic mass is 16.6. The predicted molar refractivity (Wildman–Crippen MR) is 163 cm³/mol. The molecule has 2 rings (SSSR count). The Morgan fingerprint density at radius 3 is 1.98 bits per heavy atom. The summed E-state index contributed by atoms with van der Waals surface area (Å²) in [7, 11) is 0. The molecule has 2 atom stereocenters. The third kappa shape index (κ3) is 12.6. The van der Waals surface area contributed by atoms with Crippen molar-refractivity contribution in [3.63, 3.8) is 0 Å². The number of urea groups is 1. The van der Waals surface area contributed by atoms with Crippen LogP contribution in [0.25, 0.3) is 0 Å². The van der Waals surface area contributed by atoms with E-state index in [1.165, 1.54) is 9.80 Å². The maximum Gasteiger partial charge on any atom is 0.412 e. The van der Waals surface area contributed by atoms with Crippen molar-refractivity contribution in [2.45, 2.75) is 79.7 Å². The molecular weight excluding hydrogens is 534 g/mol. The Morgan fingerprint density at radius 1 is 0.881 bits per heavy atom. The van der Waals surface area contributed by atoms with E-state index >= 15 is 0 Å². The van der Waals surface area contributed by atoms with E-state index in [4.69, 9.17) is 9.47 Å². The van der Waals surface area contributed by atoms with Crippen molar-refractivity contribution >= 4 is 18.0 Å². The lowest BCUT2D eigenvalue weighted by molar-refractivity contribution is -0.135. The van der Waals surface area contributed by atoms with E-state index < -0.39 is 29.7 Å². The van der Waals surface area contributed by atoms with Crippen molar-refractivity contribution in [2.24, 2.45) is 17.8 Å². The van der Waals surface area contributed by atoms with E-state index in [-0.39, 0.29) is 50.6 Å². The molecule has 2 unspecified atom stereocenters. The fourth-order valence-electron chi connectivity index (χ4n) is 4.34. The number of hydrogen-bond acceptors (Lipinski definition) is 6.